The lowest BCUT2D eigenvalue weighted by atomic mass is 10.2. The van der Waals surface area contributed by atoms with Gasteiger partial charge in [-0.25, -0.2) is 13.1 Å². The number of amides is 1. The Bertz CT molecular complexity index is 880. The van der Waals surface area contributed by atoms with Gasteiger partial charge in [0.15, 0.2) is 0 Å². The monoisotopic (exact) mass is 396 g/mol. The average Bonchev–Trinajstić information content (AvgIpc) is 3.21. The topological polar surface area (TPSA) is 84.3 Å². The molecule has 1 aromatic heterocycles. The van der Waals surface area contributed by atoms with E-state index in [1.807, 2.05) is 6.92 Å². The minimum Gasteiger partial charge on any atom is -0.312 e. The maximum Gasteiger partial charge on any atom is 0.240 e. The zero-order valence-electron chi connectivity index (χ0n) is 14.4. The molecule has 1 atom stereocenters. The number of carbonyl (C=O) groups excluding carboxylic acids is 1. The normalized spacial score (nSPS) is 16.2. The minimum atomic E-state index is -3.61. The molecule has 7 nitrogen and oxygen atoms in total. The largest absolute Gasteiger partial charge is 0.312 e. The van der Waals surface area contributed by atoms with Gasteiger partial charge in [-0.2, -0.15) is 5.10 Å². The summed E-state index contributed by atoms with van der Waals surface area (Å²) in [6.45, 7) is 3.45. The van der Waals surface area contributed by atoms with Crippen molar-refractivity contribution in [2.24, 2.45) is 5.92 Å². The number of hydrogen-bond acceptors (Lipinski definition) is 4. The molecule has 1 saturated heterocycles. The number of anilines is 1. The Morgan fingerprint density at radius 3 is 2.62 bits per heavy atom. The maximum absolute atomic E-state index is 12.5. The van der Waals surface area contributed by atoms with Crippen LogP contribution < -0.4 is 9.62 Å². The molecule has 0 radical (unpaired) electrons. The van der Waals surface area contributed by atoms with E-state index in [9.17, 15) is 13.2 Å². The van der Waals surface area contributed by atoms with Crippen molar-refractivity contribution >= 4 is 33.2 Å². The molecule has 1 fully saturated rings. The first-order valence-corrected chi connectivity index (χ1v) is 10.3. The van der Waals surface area contributed by atoms with E-state index in [2.05, 4.69) is 9.82 Å². The third-order valence-corrected chi connectivity index (χ3v) is 5.89. The number of hydrogen-bond donors (Lipinski definition) is 1. The van der Waals surface area contributed by atoms with Gasteiger partial charge >= 0.3 is 0 Å². The Hall–Kier alpha value is -1.90. The lowest BCUT2D eigenvalue weighted by molar-refractivity contribution is -0.117. The summed E-state index contributed by atoms with van der Waals surface area (Å²) in [7, 11) is -3.61. The van der Waals surface area contributed by atoms with Crippen LogP contribution in [0.5, 0.6) is 0 Å². The third-order valence-electron chi connectivity index (χ3n) is 4.25. The molecular formula is C17H21ClN4O3S. The summed E-state index contributed by atoms with van der Waals surface area (Å²) < 4.78 is 29.2. The highest BCUT2D eigenvalue weighted by molar-refractivity contribution is 7.89. The molecule has 3 rings (SSSR count). The van der Waals surface area contributed by atoms with Crippen LogP contribution >= 0.6 is 11.6 Å². The summed E-state index contributed by atoms with van der Waals surface area (Å²) in [4.78, 5) is 13.6. The Labute approximate surface area is 158 Å². The first kappa shape index (κ1) is 18.9. The van der Waals surface area contributed by atoms with Gasteiger partial charge in [-0.1, -0.05) is 18.5 Å². The summed E-state index contributed by atoms with van der Waals surface area (Å²) >= 11 is 5.82. The fraction of sp³-hybridized carbons (Fsp3) is 0.412. The average molecular weight is 397 g/mol. The van der Waals surface area contributed by atoms with Crippen LogP contribution in [0.25, 0.3) is 0 Å². The number of nitrogens with one attached hydrogen (secondary N) is 1. The molecule has 140 valence electrons. The van der Waals surface area contributed by atoms with E-state index in [4.69, 9.17) is 11.6 Å². The quantitative estimate of drug-likeness (QED) is 0.778. The van der Waals surface area contributed by atoms with E-state index in [0.717, 1.165) is 12.1 Å². The summed E-state index contributed by atoms with van der Waals surface area (Å²) in [6, 6.07) is 6.41. The molecule has 1 N–H and O–H groups in total. The van der Waals surface area contributed by atoms with Crippen molar-refractivity contribution in [1.29, 1.82) is 0 Å². The predicted octanol–water partition coefficient (Wildman–Crippen LogP) is 2.28. The lowest BCUT2D eigenvalue weighted by Gasteiger charge is -2.16. The number of aromatic nitrogens is 2. The van der Waals surface area contributed by atoms with Gasteiger partial charge in [0.2, 0.25) is 15.9 Å². The Kier molecular flexibility index (Phi) is 5.64. The molecule has 1 aliphatic heterocycles. The van der Waals surface area contributed by atoms with Crippen LogP contribution in [-0.2, 0) is 21.4 Å². The summed E-state index contributed by atoms with van der Waals surface area (Å²) in [5.74, 6) is 0.119. The molecule has 0 saturated carbocycles. The third kappa shape index (κ3) is 4.44. The van der Waals surface area contributed by atoms with Crippen molar-refractivity contribution in [3.63, 3.8) is 0 Å². The Morgan fingerprint density at radius 1 is 1.31 bits per heavy atom. The fourth-order valence-electron chi connectivity index (χ4n) is 2.88. The summed E-state index contributed by atoms with van der Waals surface area (Å²) in [5.41, 5.74) is 0.732. The molecule has 0 bridgehead atoms. The van der Waals surface area contributed by atoms with Crippen molar-refractivity contribution in [1.82, 2.24) is 14.5 Å². The molecule has 1 aromatic carbocycles. The Morgan fingerprint density at radius 2 is 2.04 bits per heavy atom. The van der Waals surface area contributed by atoms with Gasteiger partial charge in [-0.05, 0) is 36.6 Å². The van der Waals surface area contributed by atoms with Crippen molar-refractivity contribution in [2.75, 3.05) is 18.0 Å². The first-order chi connectivity index (χ1) is 12.3. The fourth-order valence-corrected chi connectivity index (χ4v) is 4.21. The van der Waals surface area contributed by atoms with E-state index < -0.39 is 10.0 Å². The molecule has 0 spiro atoms. The smallest absolute Gasteiger partial charge is 0.240 e. The van der Waals surface area contributed by atoms with Gasteiger partial charge in [-0.15, -0.1) is 0 Å². The van der Waals surface area contributed by atoms with E-state index in [0.29, 0.717) is 24.5 Å². The zero-order chi connectivity index (χ0) is 18.7. The van der Waals surface area contributed by atoms with E-state index in [-0.39, 0.29) is 23.3 Å². The van der Waals surface area contributed by atoms with Gasteiger partial charge in [0.05, 0.1) is 16.1 Å². The van der Waals surface area contributed by atoms with Crippen LogP contribution in [0.3, 0.4) is 0 Å². The van der Waals surface area contributed by atoms with Crippen molar-refractivity contribution in [3.05, 3.63) is 41.7 Å². The lowest BCUT2D eigenvalue weighted by Crippen LogP contribution is -2.30. The molecule has 1 aliphatic rings. The molecule has 9 heteroatoms. The molecular weight excluding hydrogens is 376 g/mol. The van der Waals surface area contributed by atoms with Crippen LogP contribution in [0.1, 0.15) is 19.8 Å². The highest BCUT2D eigenvalue weighted by Gasteiger charge is 2.22. The van der Waals surface area contributed by atoms with Crippen LogP contribution in [-0.4, -0.2) is 37.2 Å². The van der Waals surface area contributed by atoms with Crippen LogP contribution in [0.4, 0.5) is 5.69 Å². The number of nitrogens with zero attached hydrogens (tertiary/aromatic N) is 3. The van der Waals surface area contributed by atoms with Crippen molar-refractivity contribution < 1.29 is 13.2 Å². The molecule has 1 unspecified atom stereocenters. The first-order valence-electron chi connectivity index (χ1n) is 8.43. The highest BCUT2D eigenvalue weighted by atomic mass is 35.5. The van der Waals surface area contributed by atoms with E-state index in [1.165, 1.54) is 12.1 Å². The van der Waals surface area contributed by atoms with Gasteiger partial charge < -0.3 is 4.90 Å². The molecule has 2 heterocycles. The maximum atomic E-state index is 12.5. The second-order valence-electron chi connectivity index (χ2n) is 6.48. The van der Waals surface area contributed by atoms with Gasteiger partial charge in [0.1, 0.15) is 0 Å². The highest BCUT2D eigenvalue weighted by Crippen LogP contribution is 2.23. The van der Waals surface area contributed by atoms with E-state index in [1.54, 1.807) is 34.1 Å². The van der Waals surface area contributed by atoms with Crippen LogP contribution in [0.2, 0.25) is 5.02 Å². The number of halogens is 1. The number of carbonyl (C=O) groups is 1. The SMILES string of the molecule is CC(CNS(=O)(=O)c1ccc(N2CCCC2=O)cc1)Cn1cc(Cl)cn1. The summed E-state index contributed by atoms with van der Waals surface area (Å²) in [6.07, 6.45) is 4.62. The number of sulfonamides is 1. The predicted molar refractivity (Wildman–Crippen MR) is 99.6 cm³/mol. The second kappa shape index (κ2) is 7.77. The van der Waals surface area contributed by atoms with Gasteiger partial charge in [-0.3, -0.25) is 9.48 Å². The number of rotatable bonds is 7. The van der Waals surface area contributed by atoms with Crippen LogP contribution in [0, 0.1) is 5.92 Å². The number of benzene rings is 1. The molecule has 0 aliphatic carbocycles. The van der Waals surface area contributed by atoms with Crippen LogP contribution in [0.15, 0.2) is 41.6 Å². The van der Waals surface area contributed by atoms with Crippen molar-refractivity contribution in [2.45, 2.75) is 31.2 Å². The minimum absolute atomic E-state index is 0.0437. The molecule has 1 amide bonds. The van der Waals surface area contributed by atoms with Crippen molar-refractivity contribution in [3.8, 4) is 0 Å². The van der Waals surface area contributed by atoms with Gasteiger partial charge in [0.25, 0.3) is 0 Å². The Balaban J connectivity index is 1.59. The second-order valence-corrected chi connectivity index (χ2v) is 8.68. The van der Waals surface area contributed by atoms with Gasteiger partial charge in [0, 0.05) is 37.9 Å². The molecule has 2 aromatic rings. The summed E-state index contributed by atoms with van der Waals surface area (Å²) in [5, 5.41) is 4.64. The zero-order valence-corrected chi connectivity index (χ0v) is 16.0. The molecule has 26 heavy (non-hydrogen) atoms. The van der Waals surface area contributed by atoms with E-state index >= 15 is 0 Å². The standard InChI is InChI=1S/C17H21ClN4O3S/c1-13(11-21-12-14(18)10-19-21)9-20-26(24,25)16-6-4-15(5-7-16)22-8-2-3-17(22)23/h4-7,10,12-13,20H,2-3,8-9,11H2,1H3.